The van der Waals surface area contributed by atoms with Crippen molar-refractivity contribution in [3.8, 4) is 0 Å². The number of hydrogen-bond acceptors (Lipinski definition) is 3. The Morgan fingerprint density at radius 1 is 1.21 bits per heavy atom. The number of rotatable bonds is 7. The summed E-state index contributed by atoms with van der Waals surface area (Å²) in [5.74, 6) is 0.0477. The molecule has 0 spiro atoms. The van der Waals surface area contributed by atoms with Gasteiger partial charge in [-0.05, 0) is 25.0 Å². The Morgan fingerprint density at radius 3 is 2.62 bits per heavy atom. The van der Waals surface area contributed by atoms with Crippen LogP contribution in [0.3, 0.4) is 0 Å². The van der Waals surface area contributed by atoms with E-state index in [9.17, 15) is 14.7 Å². The Morgan fingerprint density at radius 2 is 1.96 bits per heavy atom. The predicted octanol–water partition coefficient (Wildman–Crippen LogP) is 2.16. The van der Waals surface area contributed by atoms with E-state index in [2.05, 4.69) is 10.6 Å². The zero-order valence-corrected chi connectivity index (χ0v) is 13.7. The van der Waals surface area contributed by atoms with Crippen LogP contribution >= 0.6 is 0 Å². The first-order valence-electron chi connectivity index (χ1n) is 8.05. The lowest BCUT2D eigenvalue weighted by atomic mass is 9.96. The molecule has 0 saturated heterocycles. The van der Waals surface area contributed by atoms with E-state index in [1.165, 1.54) is 10.6 Å². The molecule has 0 radical (unpaired) electrons. The molecule has 0 bridgehead atoms. The molecule has 2 amide bonds. The number of nitrogens with zero attached hydrogens (tertiary/aromatic N) is 1. The van der Waals surface area contributed by atoms with Crippen LogP contribution in [-0.4, -0.2) is 28.9 Å². The van der Waals surface area contributed by atoms with Crippen LogP contribution in [0.4, 0.5) is 10.5 Å². The predicted molar refractivity (Wildman–Crippen MR) is 94.3 cm³/mol. The maximum absolute atomic E-state index is 12.1. The Bertz CT molecular complexity index is 713. The molecule has 3 N–H and O–H groups in total. The first-order valence-corrected chi connectivity index (χ1v) is 8.05. The Balaban J connectivity index is 1.95. The van der Waals surface area contributed by atoms with Gasteiger partial charge in [0.2, 0.25) is 0 Å². The standard InChI is InChI=1S/C18H23N3O3/c1-2-21-13-16(8-9-17(21)23)20-18(24)19-12-15(10-11-22)14-6-4-3-5-7-14/h3-9,13,15,22H,2,10-12H2,1H3,(H2,19,20,24). The summed E-state index contributed by atoms with van der Waals surface area (Å²) < 4.78 is 1.52. The van der Waals surface area contributed by atoms with Gasteiger partial charge in [-0.3, -0.25) is 4.79 Å². The molecule has 1 unspecified atom stereocenters. The first-order chi connectivity index (χ1) is 11.6. The van der Waals surface area contributed by atoms with Crippen LogP contribution in [-0.2, 0) is 6.54 Å². The summed E-state index contributed by atoms with van der Waals surface area (Å²) in [6, 6.07) is 12.4. The first kappa shape index (κ1) is 17.7. The lowest BCUT2D eigenvalue weighted by Crippen LogP contribution is -2.33. The van der Waals surface area contributed by atoms with Gasteiger partial charge >= 0.3 is 6.03 Å². The van der Waals surface area contributed by atoms with Gasteiger partial charge in [-0.15, -0.1) is 0 Å². The zero-order chi connectivity index (χ0) is 17.4. The number of aromatic nitrogens is 1. The topological polar surface area (TPSA) is 83.4 Å². The van der Waals surface area contributed by atoms with E-state index in [0.29, 0.717) is 25.2 Å². The minimum absolute atomic E-state index is 0.0477. The fourth-order valence-corrected chi connectivity index (χ4v) is 2.51. The molecule has 24 heavy (non-hydrogen) atoms. The number of aliphatic hydroxyl groups excluding tert-OH is 1. The van der Waals surface area contributed by atoms with Crippen LogP contribution < -0.4 is 16.2 Å². The molecule has 0 saturated carbocycles. The zero-order valence-electron chi connectivity index (χ0n) is 13.7. The van der Waals surface area contributed by atoms with Crippen LogP contribution in [0, 0.1) is 0 Å². The van der Waals surface area contributed by atoms with Crippen molar-refractivity contribution >= 4 is 11.7 Å². The van der Waals surface area contributed by atoms with Crippen molar-refractivity contribution in [3.63, 3.8) is 0 Å². The van der Waals surface area contributed by atoms with E-state index in [1.54, 1.807) is 12.3 Å². The summed E-state index contributed by atoms with van der Waals surface area (Å²) in [6.45, 7) is 2.89. The maximum atomic E-state index is 12.1. The minimum Gasteiger partial charge on any atom is -0.396 e. The van der Waals surface area contributed by atoms with Gasteiger partial charge in [0, 0.05) is 37.9 Å². The average molecular weight is 329 g/mol. The van der Waals surface area contributed by atoms with Gasteiger partial charge in [-0.25, -0.2) is 4.79 Å². The fourth-order valence-electron chi connectivity index (χ4n) is 2.51. The molecule has 1 heterocycles. The molecule has 0 aliphatic carbocycles. The van der Waals surface area contributed by atoms with E-state index in [0.717, 1.165) is 5.56 Å². The van der Waals surface area contributed by atoms with Crippen molar-refractivity contribution < 1.29 is 9.90 Å². The monoisotopic (exact) mass is 329 g/mol. The van der Waals surface area contributed by atoms with Crippen LogP contribution in [0.25, 0.3) is 0 Å². The van der Waals surface area contributed by atoms with E-state index < -0.39 is 0 Å². The third-order valence-electron chi connectivity index (χ3n) is 3.84. The second kappa shape index (κ2) is 8.88. The second-order valence-electron chi connectivity index (χ2n) is 5.50. The maximum Gasteiger partial charge on any atom is 0.319 e. The molecule has 6 nitrogen and oxygen atoms in total. The summed E-state index contributed by atoms with van der Waals surface area (Å²) in [6.07, 6.45) is 2.19. The number of anilines is 1. The Labute approximate surface area is 141 Å². The Kier molecular flexibility index (Phi) is 6.57. The highest BCUT2D eigenvalue weighted by molar-refractivity contribution is 5.89. The lowest BCUT2D eigenvalue weighted by Gasteiger charge is -2.17. The summed E-state index contributed by atoms with van der Waals surface area (Å²) in [7, 11) is 0. The van der Waals surface area contributed by atoms with Crippen LogP contribution in [0.2, 0.25) is 0 Å². The van der Waals surface area contributed by atoms with Gasteiger partial charge in [-0.2, -0.15) is 0 Å². The highest BCUT2D eigenvalue weighted by Crippen LogP contribution is 2.18. The number of carbonyl (C=O) groups excluding carboxylic acids is 1. The van der Waals surface area contributed by atoms with Crippen molar-refractivity contribution in [2.24, 2.45) is 0 Å². The summed E-state index contributed by atoms with van der Waals surface area (Å²) in [5, 5.41) is 14.8. The van der Waals surface area contributed by atoms with E-state index in [1.807, 2.05) is 37.3 Å². The smallest absolute Gasteiger partial charge is 0.319 e. The molecule has 0 fully saturated rings. The molecule has 1 aromatic carbocycles. The fraction of sp³-hybridized carbons (Fsp3) is 0.333. The quantitative estimate of drug-likeness (QED) is 0.728. The number of benzene rings is 1. The van der Waals surface area contributed by atoms with Crippen molar-refractivity contribution in [2.45, 2.75) is 25.8 Å². The number of pyridine rings is 1. The summed E-state index contributed by atoms with van der Waals surface area (Å²) in [5.41, 5.74) is 1.54. The summed E-state index contributed by atoms with van der Waals surface area (Å²) >= 11 is 0. The molecule has 2 rings (SSSR count). The molecule has 1 atom stereocenters. The molecular weight excluding hydrogens is 306 g/mol. The normalized spacial score (nSPS) is 11.8. The van der Waals surface area contributed by atoms with Gasteiger partial charge in [0.25, 0.3) is 5.56 Å². The van der Waals surface area contributed by atoms with Crippen LogP contribution in [0.15, 0.2) is 53.5 Å². The van der Waals surface area contributed by atoms with Gasteiger partial charge in [-0.1, -0.05) is 30.3 Å². The van der Waals surface area contributed by atoms with E-state index in [-0.39, 0.29) is 24.1 Å². The van der Waals surface area contributed by atoms with Gasteiger partial charge in [0.1, 0.15) is 0 Å². The molecule has 1 aromatic heterocycles. The number of urea groups is 1. The molecule has 0 aliphatic rings. The summed E-state index contributed by atoms with van der Waals surface area (Å²) in [4.78, 5) is 23.6. The highest BCUT2D eigenvalue weighted by atomic mass is 16.3. The van der Waals surface area contributed by atoms with E-state index >= 15 is 0 Å². The SMILES string of the molecule is CCn1cc(NC(=O)NCC(CCO)c2ccccc2)ccc1=O. The van der Waals surface area contributed by atoms with Crippen molar-refractivity contribution in [1.82, 2.24) is 9.88 Å². The molecule has 6 heteroatoms. The van der Waals surface area contributed by atoms with Gasteiger partial charge in [0.15, 0.2) is 0 Å². The third-order valence-corrected chi connectivity index (χ3v) is 3.84. The van der Waals surface area contributed by atoms with Crippen molar-refractivity contribution in [2.75, 3.05) is 18.5 Å². The Hall–Kier alpha value is -2.60. The highest BCUT2D eigenvalue weighted by Gasteiger charge is 2.12. The minimum atomic E-state index is -0.338. The largest absolute Gasteiger partial charge is 0.396 e. The van der Waals surface area contributed by atoms with Gasteiger partial charge < -0.3 is 20.3 Å². The number of carbonyl (C=O) groups is 1. The van der Waals surface area contributed by atoms with Crippen molar-refractivity contribution in [1.29, 1.82) is 0 Å². The van der Waals surface area contributed by atoms with Crippen LogP contribution in [0.5, 0.6) is 0 Å². The van der Waals surface area contributed by atoms with E-state index in [4.69, 9.17) is 0 Å². The van der Waals surface area contributed by atoms with Crippen LogP contribution in [0.1, 0.15) is 24.8 Å². The number of aliphatic hydroxyl groups is 1. The van der Waals surface area contributed by atoms with Gasteiger partial charge in [0.05, 0.1) is 5.69 Å². The molecule has 0 aliphatic heterocycles. The third kappa shape index (κ3) is 4.96. The molecule has 2 aromatic rings. The lowest BCUT2D eigenvalue weighted by molar-refractivity contribution is 0.248. The number of hydrogen-bond donors (Lipinski definition) is 3. The molecule has 128 valence electrons. The number of nitrogens with one attached hydrogen (secondary N) is 2. The number of amides is 2. The van der Waals surface area contributed by atoms with Crippen molar-refractivity contribution in [3.05, 3.63) is 64.6 Å². The molecular formula is C18H23N3O3. The second-order valence-corrected chi connectivity index (χ2v) is 5.50. The average Bonchev–Trinajstić information content (AvgIpc) is 2.61. The number of aryl methyl sites for hydroxylation is 1.